The van der Waals surface area contributed by atoms with Crippen LogP contribution in [0.15, 0.2) is 34.4 Å². The van der Waals surface area contributed by atoms with E-state index in [0.717, 1.165) is 96.8 Å². The van der Waals surface area contributed by atoms with Crippen LogP contribution in [0.1, 0.15) is 145 Å². The van der Waals surface area contributed by atoms with Crippen molar-refractivity contribution < 1.29 is 9.59 Å². The zero-order valence-corrected chi connectivity index (χ0v) is 30.1. The molecule has 1 fully saturated rings. The molecule has 0 aromatic rings. The summed E-state index contributed by atoms with van der Waals surface area (Å²) in [4.78, 5) is 40.8. The number of allylic oxidation sites excluding steroid dienone is 2. The van der Waals surface area contributed by atoms with E-state index in [-0.39, 0.29) is 17.1 Å². The molecule has 4 atom stereocenters. The Balaban J connectivity index is 2.87. The van der Waals surface area contributed by atoms with Gasteiger partial charge in [0.2, 0.25) is 5.96 Å². The smallest absolute Gasteiger partial charge is 0.224 e. The minimum atomic E-state index is -0.398. The Labute approximate surface area is 271 Å². The fourth-order valence-corrected chi connectivity index (χ4v) is 6.98. The van der Waals surface area contributed by atoms with Crippen molar-refractivity contribution in [2.24, 2.45) is 26.7 Å². The second-order valence-corrected chi connectivity index (χ2v) is 14.0. The van der Waals surface area contributed by atoms with E-state index in [4.69, 9.17) is 0 Å². The summed E-state index contributed by atoms with van der Waals surface area (Å²) in [5, 5.41) is 0. The van der Waals surface area contributed by atoms with Crippen LogP contribution in [-0.2, 0) is 9.59 Å². The largest absolute Gasteiger partial charge is 0.338 e. The molecular weight excluding hydrogens is 544 g/mol. The lowest BCUT2D eigenvalue weighted by molar-refractivity contribution is -0.133. The fraction of sp³-hybridized carbons (Fsp3) is 0.789. The summed E-state index contributed by atoms with van der Waals surface area (Å²) < 4.78 is 0. The molecule has 0 N–H and O–H groups in total. The molecule has 0 saturated carbocycles. The number of piperazine rings is 1. The van der Waals surface area contributed by atoms with Crippen molar-refractivity contribution in [3.05, 3.63) is 24.4 Å². The van der Waals surface area contributed by atoms with Gasteiger partial charge < -0.3 is 4.90 Å². The van der Waals surface area contributed by atoms with Crippen LogP contribution < -0.4 is 0 Å². The lowest BCUT2D eigenvalue weighted by Crippen LogP contribution is -2.51. The molecule has 0 radical (unpaired) electrons. The van der Waals surface area contributed by atoms with Gasteiger partial charge in [0.25, 0.3) is 0 Å². The number of ketones is 2. The second kappa shape index (κ2) is 20.9. The molecule has 0 bridgehead atoms. The number of Topliss-reactive ketones (excluding diaryl/α,β-unsaturated/α-hetero) is 2. The minimum Gasteiger partial charge on any atom is -0.338 e. The summed E-state index contributed by atoms with van der Waals surface area (Å²) in [7, 11) is 0. The molecule has 1 rings (SSSR count). The SMILES string of the molecule is C=C/C(=C\N=C(N=C)N1CCN(C(C)CC(C)C(=O)C(C)(CCCC)CCCCCC)CC1)C(=O)C(C)(CCC)CCCC. The standard InChI is InChI=1S/C38H68N4O2/c1-11-16-19-20-24-38(9,23-18-13-3)34(43)31(6)29-32(7)41-25-27-42(28-26-41)36(39-10)40-30-33(15-5)35(44)37(8,21-14-4)22-17-12-2/h15,30-32H,5,10-14,16-29H2,1-4,6-9H3/b33-30+,40-36?. The van der Waals surface area contributed by atoms with Gasteiger partial charge in [0.15, 0.2) is 5.78 Å². The summed E-state index contributed by atoms with van der Waals surface area (Å²) in [6.45, 7) is 28.5. The summed E-state index contributed by atoms with van der Waals surface area (Å²) in [6, 6.07) is 0.327. The van der Waals surface area contributed by atoms with E-state index in [9.17, 15) is 9.59 Å². The number of aliphatic imine (C=N–C) groups is 2. The predicted molar refractivity (Wildman–Crippen MR) is 191 cm³/mol. The molecule has 1 saturated heterocycles. The van der Waals surface area contributed by atoms with Crippen molar-refractivity contribution in [2.75, 3.05) is 26.2 Å². The average molecular weight is 613 g/mol. The summed E-state index contributed by atoms with van der Waals surface area (Å²) in [6.07, 6.45) is 18.1. The third-order valence-electron chi connectivity index (χ3n) is 10.00. The van der Waals surface area contributed by atoms with Crippen LogP contribution in [0, 0.1) is 16.7 Å². The normalized spacial score (nSPS) is 19.1. The van der Waals surface area contributed by atoms with Crippen molar-refractivity contribution in [1.29, 1.82) is 0 Å². The highest BCUT2D eigenvalue weighted by Gasteiger charge is 2.36. The first-order valence-electron chi connectivity index (χ1n) is 17.9. The van der Waals surface area contributed by atoms with Gasteiger partial charge in [-0.1, -0.05) is 119 Å². The average Bonchev–Trinajstić information content (AvgIpc) is 3.02. The summed E-state index contributed by atoms with van der Waals surface area (Å²) >= 11 is 0. The first kappa shape index (κ1) is 39.9. The maximum absolute atomic E-state index is 13.8. The topological polar surface area (TPSA) is 65.3 Å². The van der Waals surface area contributed by atoms with Gasteiger partial charge in [0.1, 0.15) is 5.78 Å². The Bertz CT molecular complexity index is 948. The van der Waals surface area contributed by atoms with E-state index in [0.29, 0.717) is 23.4 Å². The molecule has 1 aliphatic heterocycles. The van der Waals surface area contributed by atoms with Crippen molar-refractivity contribution in [3.63, 3.8) is 0 Å². The van der Waals surface area contributed by atoms with Crippen LogP contribution in [0.25, 0.3) is 0 Å². The van der Waals surface area contributed by atoms with Crippen molar-refractivity contribution >= 4 is 24.2 Å². The van der Waals surface area contributed by atoms with E-state index in [1.807, 2.05) is 0 Å². The molecule has 4 unspecified atom stereocenters. The van der Waals surface area contributed by atoms with Crippen molar-refractivity contribution in [2.45, 2.75) is 151 Å². The van der Waals surface area contributed by atoms with Crippen molar-refractivity contribution in [1.82, 2.24) is 9.80 Å². The van der Waals surface area contributed by atoms with Gasteiger partial charge in [-0.15, -0.1) is 0 Å². The van der Waals surface area contributed by atoms with Crippen LogP contribution in [0.4, 0.5) is 0 Å². The molecule has 1 heterocycles. The van der Waals surface area contributed by atoms with Gasteiger partial charge in [-0.2, -0.15) is 0 Å². The number of nitrogens with zero attached hydrogens (tertiary/aromatic N) is 4. The molecule has 1 aliphatic rings. The van der Waals surface area contributed by atoms with Gasteiger partial charge in [-0.25, -0.2) is 9.98 Å². The monoisotopic (exact) mass is 613 g/mol. The molecule has 6 heteroatoms. The van der Waals surface area contributed by atoms with E-state index in [1.54, 1.807) is 12.3 Å². The number of hydrogen-bond donors (Lipinski definition) is 0. The predicted octanol–water partition coefficient (Wildman–Crippen LogP) is 9.45. The van der Waals surface area contributed by atoms with Gasteiger partial charge in [0, 0.05) is 60.7 Å². The molecule has 0 aromatic heterocycles. The number of carbonyl (C=O) groups excluding carboxylic acids is 2. The van der Waals surface area contributed by atoms with Gasteiger partial charge in [0.05, 0.1) is 0 Å². The maximum Gasteiger partial charge on any atom is 0.224 e. The highest BCUT2D eigenvalue weighted by Crippen LogP contribution is 2.36. The molecule has 6 nitrogen and oxygen atoms in total. The lowest BCUT2D eigenvalue weighted by atomic mass is 9.71. The minimum absolute atomic E-state index is 0.0544. The number of guanidine groups is 1. The van der Waals surface area contributed by atoms with Gasteiger partial charge in [-0.3, -0.25) is 14.5 Å². The van der Waals surface area contributed by atoms with Gasteiger partial charge >= 0.3 is 0 Å². The van der Waals surface area contributed by atoms with E-state index >= 15 is 0 Å². The number of rotatable bonds is 22. The van der Waals surface area contributed by atoms with Gasteiger partial charge in [-0.05, 0) is 45.7 Å². The highest BCUT2D eigenvalue weighted by molar-refractivity contribution is 6.02. The summed E-state index contributed by atoms with van der Waals surface area (Å²) in [5.74, 6) is 1.18. The lowest BCUT2D eigenvalue weighted by Gasteiger charge is -2.39. The summed E-state index contributed by atoms with van der Waals surface area (Å²) in [5.41, 5.74) is -0.0585. The van der Waals surface area contributed by atoms with Crippen molar-refractivity contribution in [3.8, 4) is 0 Å². The Morgan fingerprint density at radius 2 is 1.36 bits per heavy atom. The van der Waals surface area contributed by atoms with E-state index in [1.165, 1.54) is 19.3 Å². The van der Waals surface area contributed by atoms with Crippen LogP contribution in [0.5, 0.6) is 0 Å². The number of carbonyl (C=O) groups is 2. The molecule has 44 heavy (non-hydrogen) atoms. The molecule has 0 amide bonds. The molecule has 0 aliphatic carbocycles. The Morgan fingerprint density at radius 1 is 0.795 bits per heavy atom. The first-order chi connectivity index (χ1) is 21.0. The van der Waals surface area contributed by atoms with E-state index < -0.39 is 5.41 Å². The molecular formula is C38H68N4O2. The first-order valence-corrected chi connectivity index (χ1v) is 17.9. The molecule has 0 aromatic carbocycles. The van der Waals surface area contributed by atoms with Crippen LogP contribution >= 0.6 is 0 Å². The Kier molecular flexibility index (Phi) is 18.9. The molecule has 0 spiro atoms. The Hall–Kier alpha value is -2.08. The third-order valence-corrected chi connectivity index (χ3v) is 10.00. The fourth-order valence-electron chi connectivity index (χ4n) is 6.98. The molecule has 252 valence electrons. The third kappa shape index (κ3) is 12.4. The van der Waals surface area contributed by atoms with Crippen LogP contribution in [-0.4, -0.2) is 66.3 Å². The van der Waals surface area contributed by atoms with E-state index in [2.05, 4.69) is 88.5 Å². The van der Waals surface area contributed by atoms with Crippen LogP contribution in [0.3, 0.4) is 0 Å². The number of hydrogen-bond acceptors (Lipinski definition) is 4. The Morgan fingerprint density at radius 3 is 1.89 bits per heavy atom. The van der Waals surface area contributed by atoms with Crippen LogP contribution in [0.2, 0.25) is 0 Å². The second-order valence-electron chi connectivity index (χ2n) is 14.0. The zero-order valence-electron chi connectivity index (χ0n) is 30.1. The quantitative estimate of drug-likeness (QED) is 0.0402. The number of unbranched alkanes of at least 4 members (excludes halogenated alkanes) is 5. The zero-order chi connectivity index (χ0) is 33.2. The maximum atomic E-state index is 13.8. The highest BCUT2D eigenvalue weighted by atomic mass is 16.1.